The van der Waals surface area contributed by atoms with Crippen LogP contribution in [0, 0.1) is 0 Å². The SMILES string of the molecule is C=CCc1ccccc1C(F)F. The summed E-state index contributed by atoms with van der Waals surface area (Å²) in [7, 11) is 0. The number of halogens is 2. The lowest BCUT2D eigenvalue weighted by atomic mass is 10.1. The van der Waals surface area contributed by atoms with Crippen LogP contribution >= 0.6 is 0 Å². The van der Waals surface area contributed by atoms with Gasteiger partial charge in [-0.05, 0) is 12.0 Å². The van der Waals surface area contributed by atoms with Crippen molar-refractivity contribution in [3.63, 3.8) is 0 Å². The lowest BCUT2D eigenvalue weighted by molar-refractivity contribution is 0.150. The fourth-order valence-electron chi connectivity index (χ4n) is 1.09. The highest BCUT2D eigenvalue weighted by Crippen LogP contribution is 2.22. The summed E-state index contributed by atoms with van der Waals surface area (Å²) in [6, 6.07) is 6.52. The molecule has 2 heteroatoms. The summed E-state index contributed by atoms with van der Waals surface area (Å²) in [5.74, 6) is 0. The molecule has 64 valence electrons. The average molecular weight is 168 g/mol. The number of benzene rings is 1. The van der Waals surface area contributed by atoms with Crippen molar-refractivity contribution in [2.24, 2.45) is 0 Å². The van der Waals surface area contributed by atoms with Crippen molar-refractivity contribution in [1.29, 1.82) is 0 Å². The quantitative estimate of drug-likeness (QED) is 0.607. The molecule has 0 heterocycles. The predicted molar refractivity (Wildman–Crippen MR) is 45.3 cm³/mol. The van der Waals surface area contributed by atoms with Crippen LogP contribution in [0.5, 0.6) is 0 Å². The maximum absolute atomic E-state index is 12.3. The maximum atomic E-state index is 12.3. The zero-order valence-corrected chi connectivity index (χ0v) is 6.63. The molecule has 0 saturated heterocycles. The van der Waals surface area contributed by atoms with E-state index < -0.39 is 6.43 Å². The van der Waals surface area contributed by atoms with Crippen LogP contribution < -0.4 is 0 Å². The predicted octanol–water partition coefficient (Wildman–Crippen LogP) is 3.35. The van der Waals surface area contributed by atoms with Crippen molar-refractivity contribution in [3.05, 3.63) is 48.0 Å². The Morgan fingerprint density at radius 3 is 2.58 bits per heavy atom. The third-order valence-electron chi connectivity index (χ3n) is 1.65. The van der Waals surface area contributed by atoms with E-state index in [1.54, 1.807) is 24.3 Å². The number of rotatable bonds is 3. The Bertz CT molecular complexity index is 266. The van der Waals surface area contributed by atoms with E-state index in [2.05, 4.69) is 6.58 Å². The van der Waals surface area contributed by atoms with Crippen LogP contribution in [0.4, 0.5) is 8.78 Å². The zero-order valence-electron chi connectivity index (χ0n) is 6.63. The number of alkyl halides is 2. The lowest BCUT2D eigenvalue weighted by Crippen LogP contribution is -1.92. The van der Waals surface area contributed by atoms with E-state index in [-0.39, 0.29) is 5.56 Å². The highest BCUT2D eigenvalue weighted by atomic mass is 19.3. The number of hydrogen-bond acceptors (Lipinski definition) is 0. The molecule has 0 aliphatic carbocycles. The van der Waals surface area contributed by atoms with Crippen LogP contribution in [0.2, 0.25) is 0 Å². The standard InChI is InChI=1S/C10H10F2/c1-2-5-8-6-3-4-7-9(8)10(11)12/h2-4,6-7,10H,1,5H2. The van der Waals surface area contributed by atoms with E-state index in [1.165, 1.54) is 6.07 Å². The molecule has 0 amide bonds. The molecule has 0 N–H and O–H groups in total. The summed E-state index contributed by atoms with van der Waals surface area (Å²) in [5.41, 5.74) is 0.764. The van der Waals surface area contributed by atoms with Gasteiger partial charge < -0.3 is 0 Å². The van der Waals surface area contributed by atoms with Crippen molar-refractivity contribution in [3.8, 4) is 0 Å². The smallest absolute Gasteiger partial charge is 0.205 e. The van der Waals surface area contributed by atoms with Crippen LogP contribution in [-0.2, 0) is 6.42 Å². The molecule has 0 atom stereocenters. The molecule has 0 saturated carbocycles. The Morgan fingerprint density at radius 2 is 2.00 bits per heavy atom. The molecule has 0 spiro atoms. The molecule has 0 radical (unpaired) electrons. The Morgan fingerprint density at radius 1 is 1.33 bits per heavy atom. The van der Waals surface area contributed by atoms with Gasteiger partial charge in [-0.25, -0.2) is 8.78 Å². The fraction of sp³-hybridized carbons (Fsp3) is 0.200. The fourth-order valence-corrected chi connectivity index (χ4v) is 1.09. The van der Waals surface area contributed by atoms with E-state index in [9.17, 15) is 8.78 Å². The minimum atomic E-state index is -2.39. The Labute approximate surface area is 70.5 Å². The number of allylic oxidation sites excluding steroid dienone is 1. The van der Waals surface area contributed by atoms with Gasteiger partial charge in [0.2, 0.25) is 0 Å². The van der Waals surface area contributed by atoms with Gasteiger partial charge >= 0.3 is 0 Å². The van der Waals surface area contributed by atoms with E-state index >= 15 is 0 Å². The molecule has 0 aliphatic rings. The molecular weight excluding hydrogens is 158 g/mol. The molecule has 0 fully saturated rings. The second kappa shape index (κ2) is 4.00. The van der Waals surface area contributed by atoms with Gasteiger partial charge in [0.25, 0.3) is 6.43 Å². The molecule has 1 aromatic rings. The molecule has 1 rings (SSSR count). The highest BCUT2D eigenvalue weighted by molar-refractivity contribution is 5.29. The Hall–Kier alpha value is -1.18. The summed E-state index contributed by atoms with van der Waals surface area (Å²) in [6.07, 6.45) is -0.261. The first-order valence-corrected chi connectivity index (χ1v) is 3.72. The van der Waals surface area contributed by atoms with Crippen LogP contribution in [0.15, 0.2) is 36.9 Å². The summed E-state index contributed by atoms with van der Waals surface area (Å²) in [6.45, 7) is 3.51. The van der Waals surface area contributed by atoms with Gasteiger partial charge in [0.1, 0.15) is 0 Å². The molecular formula is C10H10F2. The monoisotopic (exact) mass is 168 g/mol. The molecule has 1 aromatic carbocycles. The summed E-state index contributed by atoms with van der Waals surface area (Å²) >= 11 is 0. The molecule has 0 unspecified atom stereocenters. The summed E-state index contributed by atoms with van der Waals surface area (Å²) in [5, 5.41) is 0. The van der Waals surface area contributed by atoms with Crippen molar-refractivity contribution in [1.82, 2.24) is 0 Å². The van der Waals surface area contributed by atoms with E-state index in [4.69, 9.17) is 0 Å². The van der Waals surface area contributed by atoms with Gasteiger partial charge in [0.15, 0.2) is 0 Å². The Balaban J connectivity index is 2.99. The minimum Gasteiger partial charge on any atom is -0.205 e. The second-order valence-corrected chi connectivity index (χ2v) is 2.49. The summed E-state index contributed by atoms with van der Waals surface area (Å²) < 4.78 is 24.6. The highest BCUT2D eigenvalue weighted by Gasteiger charge is 2.09. The van der Waals surface area contributed by atoms with Crippen molar-refractivity contribution in [2.75, 3.05) is 0 Å². The number of hydrogen-bond donors (Lipinski definition) is 0. The van der Waals surface area contributed by atoms with Crippen LogP contribution in [0.25, 0.3) is 0 Å². The molecule has 0 bridgehead atoms. The summed E-state index contributed by atoms with van der Waals surface area (Å²) in [4.78, 5) is 0. The van der Waals surface area contributed by atoms with Crippen LogP contribution in [0.3, 0.4) is 0 Å². The van der Waals surface area contributed by atoms with Gasteiger partial charge in [0.05, 0.1) is 0 Å². The van der Waals surface area contributed by atoms with Crippen LogP contribution in [-0.4, -0.2) is 0 Å². The van der Waals surface area contributed by atoms with E-state index in [0.717, 1.165) is 0 Å². The van der Waals surface area contributed by atoms with E-state index in [1.807, 2.05) is 0 Å². The minimum absolute atomic E-state index is 0.109. The molecule has 0 aromatic heterocycles. The Kier molecular flexibility index (Phi) is 2.97. The lowest BCUT2D eigenvalue weighted by Gasteiger charge is -2.05. The third-order valence-corrected chi connectivity index (χ3v) is 1.65. The average Bonchev–Trinajstić information content (AvgIpc) is 2.05. The third kappa shape index (κ3) is 1.91. The van der Waals surface area contributed by atoms with Gasteiger partial charge in [0, 0.05) is 5.56 Å². The largest absolute Gasteiger partial charge is 0.264 e. The van der Waals surface area contributed by atoms with Crippen molar-refractivity contribution in [2.45, 2.75) is 12.8 Å². The first kappa shape index (κ1) is 8.91. The first-order valence-electron chi connectivity index (χ1n) is 3.72. The first-order chi connectivity index (χ1) is 5.75. The molecule has 0 nitrogen and oxygen atoms in total. The van der Waals surface area contributed by atoms with Crippen molar-refractivity contribution >= 4 is 0 Å². The molecule has 0 aliphatic heterocycles. The van der Waals surface area contributed by atoms with Gasteiger partial charge in [-0.2, -0.15) is 0 Å². The second-order valence-electron chi connectivity index (χ2n) is 2.49. The van der Waals surface area contributed by atoms with Gasteiger partial charge in [-0.3, -0.25) is 0 Å². The van der Waals surface area contributed by atoms with Gasteiger partial charge in [-0.1, -0.05) is 30.3 Å². The van der Waals surface area contributed by atoms with E-state index in [0.29, 0.717) is 12.0 Å². The zero-order chi connectivity index (χ0) is 8.97. The van der Waals surface area contributed by atoms with Crippen LogP contribution in [0.1, 0.15) is 17.6 Å². The van der Waals surface area contributed by atoms with Gasteiger partial charge in [-0.15, -0.1) is 6.58 Å². The normalized spacial score (nSPS) is 10.2. The molecule has 12 heavy (non-hydrogen) atoms. The maximum Gasteiger partial charge on any atom is 0.264 e. The topological polar surface area (TPSA) is 0 Å². The van der Waals surface area contributed by atoms with Crippen molar-refractivity contribution < 1.29 is 8.78 Å².